The Morgan fingerprint density at radius 1 is 1.06 bits per heavy atom. The molecule has 0 unspecified atom stereocenters. The van der Waals surface area contributed by atoms with Crippen molar-refractivity contribution in [3.8, 4) is 6.07 Å². The van der Waals surface area contributed by atoms with Crippen LogP contribution in [0.15, 0.2) is 48.7 Å². The van der Waals surface area contributed by atoms with Gasteiger partial charge in [-0.1, -0.05) is 0 Å². The lowest BCUT2D eigenvalue weighted by molar-refractivity contribution is 0.399. The van der Waals surface area contributed by atoms with Crippen molar-refractivity contribution in [1.82, 2.24) is 20.1 Å². The van der Waals surface area contributed by atoms with E-state index in [1.54, 1.807) is 6.20 Å². The van der Waals surface area contributed by atoms with Crippen molar-refractivity contribution in [2.24, 2.45) is 0 Å². The number of hydrogen-bond acceptors (Lipinski definition) is 6. The summed E-state index contributed by atoms with van der Waals surface area (Å²) in [4.78, 5) is 9.39. The fraction of sp³-hybridized carbons (Fsp3) is 0.346. The zero-order valence-corrected chi connectivity index (χ0v) is 19.0. The Morgan fingerprint density at radius 3 is 2.73 bits per heavy atom. The highest BCUT2D eigenvalue weighted by molar-refractivity contribution is 5.96. The number of fused-ring (bicyclic) bond motifs is 4. The fourth-order valence-electron chi connectivity index (χ4n) is 5.46. The van der Waals surface area contributed by atoms with E-state index in [-0.39, 0.29) is 12.1 Å². The smallest absolute Gasteiger partial charge is 0.101 e. The van der Waals surface area contributed by atoms with Crippen molar-refractivity contribution >= 4 is 33.2 Å². The molecule has 33 heavy (non-hydrogen) atoms. The van der Waals surface area contributed by atoms with E-state index in [1.807, 2.05) is 12.1 Å². The molecule has 0 aliphatic carbocycles. The van der Waals surface area contributed by atoms with E-state index in [4.69, 9.17) is 5.10 Å². The van der Waals surface area contributed by atoms with Crippen LogP contribution in [0.3, 0.4) is 0 Å². The Balaban J connectivity index is 1.44. The van der Waals surface area contributed by atoms with E-state index in [9.17, 15) is 5.26 Å². The van der Waals surface area contributed by atoms with Crippen molar-refractivity contribution in [1.29, 1.82) is 5.26 Å². The normalized spacial score (nSPS) is 20.8. The maximum Gasteiger partial charge on any atom is 0.101 e. The van der Waals surface area contributed by atoms with Crippen molar-refractivity contribution < 1.29 is 0 Å². The molecular weight excluding hydrogens is 410 g/mol. The van der Waals surface area contributed by atoms with Gasteiger partial charge in [0.25, 0.3) is 0 Å². The van der Waals surface area contributed by atoms with Crippen LogP contribution < -0.4 is 15.1 Å². The van der Waals surface area contributed by atoms with Crippen molar-refractivity contribution in [3.63, 3.8) is 0 Å². The fourth-order valence-corrected chi connectivity index (χ4v) is 5.46. The minimum absolute atomic E-state index is 0.146. The summed E-state index contributed by atoms with van der Waals surface area (Å²) in [5.41, 5.74) is 6.06. The van der Waals surface area contributed by atoms with E-state index < -0.39 is 0 Å². The first kappa shape index (κ1) is 20.0. The topological polar surface area (TPSA) is 73.0 Å². The van der Waals surface area contributed by atoms with Gasteiger partial charge < -0.3 is 15.1 Å². The van der Waals surface area contributed by atoms with Gasteiger partial charge >= 0.3 is 0 Å². The third-order valence-corrected chi connectivity index (χ3v) is 7.12. The quantitative estimate of drug-likeness (QED) is 0.511. The number of nitrogens with zero attached hydrogens (tertiary/aromatic N) is 6. The third kappa shape index (κ3) is 3.13. The molecule has 2 atom stereocenters. The minimum atomic E-state index is 0.146. The van der Waals surface area contributed by atoms with Gasteiger partial charge in [-0.3, -0.25) is 9.67 Å². The second-order valence-electron chi connectivity index (χ2n) is 9.09. The molecule has 2 aliphatic heterocycles. The number of anilines is 2. The van der Waals surface area contributed by atoms with Crippen LogP contribution in [-0.4, -0.2) is 47.5 Å². The summed E-state index contributed by atoms with van der Waals surface area (Å²) in [5, 5.41) is 20.3. The predicted molar refractivity (Wildman–Crippen MR) is 132 cm³/mol. The van der Waals surface area contributed by atoms with Crippen molar-refractivity contribution in [2.45, 2.75) is 25.9 Å². The van der Waals surface area contributed by atoms with E-state index in [1.165, 1.54) is 16.8 Å². The number of benzene rings is 2. The Bertz CT molecular complexity index is 1390. The zero-order valence-electron chi connectivity index (χ0n) is 19.0. The monoisotopic (exact) mass is 437 g/mol. The van der Waals surface area contributed by atoms with Gasteiger partial charge in [0.1, 0.15) is 6.07 Å². The molecule has 166 valence electrons. The summed E-state index contributed by atoms with van der Waals surface area (Å²) in [6.07, 6.45) is 1.76. The molecule has 2 aliphatic rings. The van der Waals surface area contributed by atoms with Crippen LogP contribution in [-0.2, 0) is 0 Å². The van der Waals surface area contributed by atoms with Gasteiger partial charge in [-0.2, -0.15) is 10.4 Å². The molecule has 7 nitrogen and oxygen atoms in total. The van der Waals surface area contributed by atoms with Gasteiger partial charge in [-0.05, 0) is 56.3 Å². The van der Waals surface area contributed by atoms with Crippen LogP contribution in [0.25, 0.3) is 21.8 Å². The van der Waals surface area contributed by atoms with Gasteiger partial charge in [0.2, 0.25) is 0 Å². The molecule has 1 saturated heterocycles. The summed E-state index contributed by atoms with van der Waals surface area (Å²) < 4.78 is 2.22. The largest absolute Gasteiger partial charge is 0.369 e. The minimum Gasteiger partial charge on any atom is -0.369 e. The molecule has 4 heterocycles. The van der Waals surface area contributed by atoms with Gasteiger partial charge in [-0.15, -0.1) is 0 Å². The molecule has 2 aromatic heterocycles. The Hall–Kier alpha value is -3.63. The Morgan fingerprint density at radius 2 is 1.91 bits per heavy atom. The lowest BCUT2D eigenvalue weighted by Gasteiger charge is -2.40. The standard InChI is InChI=1S/C26H27N7/c1-17-16-32(24-8-5-19(15-27)25-22(24)4-3-9-29-25)18(2)26-21-7-6-20(14-23(21)30-33(17)26)31-12-10-28-11-13-31/h3-9,14,17-18,28H,10-13,16H2,1-2H3/t17-,18+/m1/s1. The summed E-state index contributed by atoms with van der Waals surface area (Å²) in [5.74, 6) is 0. The Kier molecular flexibility index (Phi) is 4.70. The average molecular weight is 438 g/mol. The summed E-state index contributed by atoms with van der Waals surface area (Å²) in [6.45, 7) is 9.43. The molecule has 0 spiro atoms. The highest BCUT2D eigenvalue weighted by atomic mass is 15.4. The van der Waals surface area contributed by atoms with Gasteiger partial charge in [0, 0.05) is 61.1 Å². The molecule has 0 amide bonds. The summed E-state index contributed by atoms with van der Waals surface area (Å²) in [6, 6.07) is 17.4. The zero-order chi connectivity index (χ0) is 22.5. The maximum atomic E-state index is 9.55. The van der Waals surface area contributed by atoms with E-state index in [0.29, 0.717) is 5.56 Å². The predicted octanol–water partition coefficient (Wildman–Crippen LogP) is 4.01. The molecule has 2 aromatic carbocycles. The SMILES string of the molecule is C[C@@H]1CN(c2ccc(C#N)c3ncccc23)[C@@H](C)c2c3ccc(N4CCNCC4)cc3nn21. The number of rotatable bonds is 2. The summed E-state index contributed by atoms with van der Waals surface area (Å²) in [7, 11) is 0. The molecule has 7 heteroatoms. The molecule has 1 N–H and O–H groups in total. The van der Waals surface area contributed by atoms with Gasteiger partial charge in [0.15, 0.2) is 0 Å². The highest BCUT2D eigenvalue weighted by Gasteiger charge is 2.32. The van der Waals surface area contributed by atoms with Crippen molar-refractivity contribution in [2.75, 3.05) is 42.5 Å². The third-order valence-electron chi connectivity index (χ3n) is 7.12. The van der Waals surface area contributed by atoms with Crippen LogP contribution in [0.1, 0.15) is 37.2 Å². The number of piperazine rings is 1. The van der Waals surface area contributed by atoms with Crippen LogP contribution in [0, 0.1) is 11.3 Å². The lowest BCUT2D eigenvalue weighted by atomic mass is 10.0. The van der Waals surface area contributed by atoms with Crippen LogP contribution in [0.4, 0.5) is 11.4 Å². The van der Waals surface area contributed by atoms with E-state index >= 15 is 0 Å². The number of pyridine rings is 1. The molecule has 0 radical (unpaired) electrons. The number of nitriles is 1. The molecule has 0 saturated carbocycles. The first-order valence-corrected chi connectivity index (χ1v) is 11.7. The molecule has 1 fully saturated rings. The van der Waals surface area contributed by atoms with Crippen LogP contribution in [0.5, 0.6) is 0 Å². The van der Waals surface area contributed by atoms with E-state index in [2.05, 4.69) is 75.0 Å². The number of hydrogen-bond donors (Lipinski definition) is 1. The van der Waals surface area contributed by atoms with Crippen LogP contribution >= 0.6 is 0 Å². The van der Waals surface area contributed by atoms with Gasteiger partial charge in [0.05, 0.1) is 34.4 Å². The van der Waals surface area contributed by atoms with Gasteiger partial charge in [-0.25, -0.2) is 0 Å². The van der Waals surface area contributed by atoms with Crippen LogP contribution in [0.2, 0.25) is 0 Å². The average Bonchev–Trinajstić information content (AvgIpc) is 3.26. The Labute approximate surface area is 193 Å². The maximum absolute atomic E-state index is 9.55. The first-order chi connectivity index (χ1) is 16.2. The molecular formula is C26H27N7. The first-order valence-electron chi connectivity index (χ1n) is 11.7. The number of nitrogens with one attached hydrogen (secondary N) is 1. The lowest BCUT2D eigenvalue weighted by Crippen LogP contribution is -2.43. The molecule has 0 bridgehead atoms. The molecule has 6 rings (SSSR count). The number of aromatic nitrogens is 3. The summed E-state index contributed by atoms with van der Waals surface area (Å²) >= 11 is 0. The van der Waals surface area contributed by atoms with E-state index in [0.717, 1.165) is 54.8 Å². The molecule has 4 aromatic rings. The second-order valence-corrected chi connectivity index (χ2v) is 9.09. The highest BCUT2D eigenvalue weighted by Crippen LogP contribution is 2.41. The second kappa shape index (κ2) is 7.75. The van der Waals surface area contributed by atoms with Crippen molar-refractivity contribution in [3.05, 3.63) is 59.9 Å².